The van der Waals surface area contributed by atoms with Crippen LogP contribution < -0.4 is 13.8 Å². The predicted octanol–water partition coefficient (Wildman–Crippen LogP) is 3.03. The third kappa shape index (κ3) is 3.33. The molecular formula is C18H21NO4S. The minimum absolute atomic E-state index is 0.0555. The number of ether oxygens (including phenoxy) is 2. The first kappa shape index (κ1) is 16.6. The van der Waals surface area contributed by atoms with E-state index in [4.69, 9.17) is 9.47 Å². The maximum Gasteiger partial charge on any atom is 0.238 e. The molecule has 1 unspecified atom stereocenters. The number of rotatable bonds is 6. The Hall–Kier alpha value is -2.21. The van der Waals surface area contributed by atoms with E-state index in [0.29, 0.717) is 12.3 Å². The van der Waals surface area contributed by atoms with Gasteiger partial charge in [0.05, 0.1) is 12.8 Å². The van der Waals surface area contributed by atoms with E-state index in [9.17, 15) is 8.42 Å². The van der Waals surface area contributed by atoms with Gasteiger partial charge in [-0.3, -0.25) is 4.31 Å². The van der Waals surface area contributed by atoms with Crippen LogP contribution in [0, 0.1) is 0 Å². The fraction of sp³-hybridized carbons (Fsp3) is 0.333. The van der Waals surface area contributed by atoms with Crippen molar-refractivity contribution < 1.29 is 17.9 Å². The maximum absolute atomic E-state index is 12.7. The molecule has 6 heteroatoms. The molecule has 1 heterocycles. The standard InChI is InChI=1S/C18H21NO4S/c1-14-13-19(18-6-4-3-5-17(14)18)24(20,21)12-11-23-16-9-7-15(22-2)8-10-16/h3-10,14H,11-13H2,1-2H3. The van der Waals surface area contributed by atoms with Crippen molar-refractivity contribution in [3.05, 3.63) is 54.1 Å². The minimum Gasteiger partial charge on any atom is -0.497 e. The molecule has 0 bridgehead atoms. The summed E-state index contributed by atoms with van der Waals surface area (Å²) in [5.41, 5.74) is 1.87. The van der Waals surface area contributed by atoms with Gasteiger partial charge in [-0.25, -0.2) is 8.42 Å². The van der Waals surface area contributed by atoms with Crippen molar-refractivity contribution >= 4 is 15.7 Å². The SMILES string of the molecule is COc1ccc(OCCS(=O)(=O)N2CC(C)c3ccccc32)cc1. The van der Waals surface area contributed by atoms with Crippen molar-refractivity contribution in [2.45, 2.75) is 12.8 Å². The van der Waals surface area contributed by atoms with Gasteiger partial charge in [0, 0.05) is 12.5 Å². The Morgan fingerprint density at radius 2 is 1.75 bits per heavy atom. The van der Waals surface area contributed by atoms with Crippen LogP contribution >= 0.6 is 0 Å². The third-order valence-electron chi connectivity index (χ3n) is 4.18. The molecule has 1 aliphatic heterocycles. The Morgan fingerprint density at radius 1 is 1.08 bits per heavy atom. The quantitative estimate of drug-likeness (QED) is 0.806. The number of nitrogens with zero attached hydrogens (tertiary/aromatic N) is 1. The van der Waals surface area contributed by atoms with Crippen molar-refractivity contribution in [1.29, 1.82) is 0 Å². The molecule has 24 heavy (non-hydrogen) atoms. The summed E-state index contributed by atoms with van der Waals surface area (Å²) in [6.45, 7) is 2.65. The Balaban J connectivity index is 1.64. The Labute approximate surface area is 142 Å². The van der Waals surface area contributed by atoms with E-state index in [1.807, 2.05) is 31.2 Å². The highest BCUT2D eigenvalue weighted by molar-refractivity contribution is 7.92. The number of fused-ring (bicyclic) bond motifs is 1. The zero-order valence-electron chi connectivity index (χ0n) is 13.8. The second-order valence-corrected chi connectivity index (χ2v) is 7.84. The Morgan fingerprint density at radius 3 is 2.46 bits per heavy atom. The van der Waals surface area contributed by atoms with Crippen molar-refractivity contribution in [2.24, 2.45) is 0 Å². The fourth-order valence-electron chi connectivity index (χ4n) is 2.89. The van der Waals surface area contributed by atoms with E-state index < -0.39 is 10.0 Å². The lowest BCUT2D eigenvalue weighted by Gasteiger charge is -2.20. The lowest BCUT2D eigenvalue weighted by Crippen LogP contribution is -2.33. The molecule has 0 spiro atoms. The second-order valence-electron chi connectivity index (χ2n) is 5.83. The van der Waals surface area contributed by atoms with Gasteiger partial charge in [-0.2, -0.15) is 0 Å². The number of methoxy groups -OCH3 is 1. The van der Waals surface area contributed by atoms with Crippen LogP contribution in [0.3, 0.4) is 0 Å². The van der Waals surface area contributed by atoms with Gasteiger partial charge >= 0.3 is 0 Å². The van der Waals surface area contributed by atoms with E-state index in [0.717, 1.165) is 17.0 Å². The molecule has 2 aromatic carbocycles. The summed E-state index contributed by atoms with van der Waals surface area (Å²) in [5.74, 6) is 1.51. The largest absolute Gasteiger partial charge is 0.497 e. The predicted molar refractivity (Wildman–Crippen MR) is 94.5 cm³/mol. The monoisotopic (exact) mass is 347 g/mol. The molecule has 0 aliphatic carbocycles. The molecule has 0 N–H and O–H groups in total. The summed E-state index contributed by atoms with van der Waals surface area (Å²) < 4.78 is 37.5. The molecule has 128 valence electrons. The van der Waals surface area contributed by atoms with Crippen LogP contribution in [0.1, 0.15) is 18.4 Å². The van der Waals surface area contributed by atoms with Crippen LogP contribution in [0.5, 0.6) is 11.5 Å². The first-order valence-corrected chi connectivity index (χ1v) is 9.48. The normalized spacial score (nSPS) is 16.8. The number of anilines is 1. The van der Waals surface area contributed by atoms with Gasteiger partial charge in [0.1, 0.15) is 23.9 Å². The molecule has 2 aromatic rings. The lowest BCUT2D eigenvalue weighted by molar-refractivity contribution is 0.339. The smallest absolute Gasteiger partial charge is 0.238 e. The molecule has 3 rings (SSSR count). The van der Waals surface area contributed by atoms with Gasteiger partial charge in [0.2, 0.25) is 10.0 Å². The number of hydrogen-bond donors (Lipinski definition) is 0. The second kappa shape index (κ2) is 6.73. The average molecular weight is 347 g/mol. The van der Waals surface area contributed by atoms with Gasteiger partial charge in [0.25, 0.3) is 0 Å². The number of sulfonamides is 1. The summed E-state index contributed by atoms with van der Waals surface area (Å²) in [6.07, 6.45) is 0. The molecule has 0 radical (unpaired) electrons. The minimum atomic E-state index is -3.41. The lowest BCUT2D eigenvalue weighted by atomic mass is 10.0. The third-order valence-corrected chi connectivity index (χ3v) is 5.88. The molecule has 5 nitrogen and oxygen atoms in total. The molecule has 0 saturated carbocycles. The van der Waals surface area contributed by atoms with E-state index in [2.05, 4.69) is 0 Å². The first-order chi connectivity index (χ1) is 11.5. The molecule has 1 aliphatic rings. The van der Waals surface area contributed by atoms with Crippen molar-refractivity contribution in [3.63, 3.8) is 0 Å². The van der Waals surface area contributed by atoms with E-state index >= 15 is 0 Å². The van der Waals surface area contributed by atoms with Gasteiger partial charge in [-0.1, -0.05) is 25.1 Å². The summed E-state index contributed by atoms with van der Waals surface area (Å²) in [4.78, 5) is 0. The van der Waals surface area contributed by atoms with Crippen LogP contribution in [-0.4, -0.2) is 34.4 Å². The molecule has 0 fully saturated rings. The van der Waals surface area contributed by atoms with Crippen LogP contribution in [0.25, 0.3) is 0 Å². The number of hydrogen-bond acceptors (Lipinski definition) is 4. The Kier molecular flexibility index (Phi) is 4.66. The van der Waals surface area contributed by atoms with Gasteiger partial charge < -0.3 is 9.47 Å². The summed E-state index contributed by atoms with van der Waals surface area (Å²) in [5, 5.41) is 0. The van der Waals surface area contributed by atoms with E-state index in [-0.39, 0.29) is 18.3 Å². The van der Waals surface area contributed by atoms with E-state index in [1.165, 1.54) is 4.31 Å². The van der Waals surface area contributed by atoms with Gasteiger partial charge in [0.15, 0.2) is 0 Å². The Bertz CT molecular complexity index is 802. The highest BCUT2D eigenvalue weighted by Gasteiger charge is 2.33. The molecule has 0 saturated heterocycles. The highest BCUT2D eigenvalue weighted by Crippen LogP contribution is 2.37. The van der Waals surface area contributed by atoms with E-state index in [1.54, 1.807) is 31.4 Å². The molecule has 1 atom stereocenters. The van der Waals surface area contributed by atoms with Crippen molar-refractivity contribution in [3.8, 4) is 11.5 Å². The highest BCUT2D eigenvalue weighted by atomic mass is 32.2. The topological polar surface area (TPSA) is 55.8 Å². The molecule has 0 aromatic heterocycles. The van der Waals surface area contributed by atoms with Crippen LogP contribution in [0.2, 0.25) is 0 Å². The number of para-hydroxylation sites is 1. The average Bonchev–Trinajstić information content (AvgIpc) is 2.94. The summed E-state index contributed by atoms with van der Waals surface area (Å²) in [7, 11) is -1.81. The molecular weight excluding hydrogens is 326 g/mol. The van der Waals surface area contributed by atoms with Crippen LogP contribution in [0.4, 0.5) is 5.69 Å². The zero-order valence-corrected chi connectivity index (χ0v) is 14.6. The van der Waals surface area contributed by atoms with Crippen molar-refractivity contribution in [2.75, 3.05) is 30.3 Å². The molecule has 0 amide bonds. The number of benzene rings is 2. The first-order valence-electron chi connectivity index (χ1n) is 7.87. The van der Waals surface area contributed by atoms with Crippen molar-refractivity contribution in [1.82, 2.24) is 0 Å². The van der Waals surface area contributed by atoms with Crippen LogP contribution in [-0.2, 0) is 10.0 Å². The zero-order chi connectivity index (χ0) is 17.2. The van der Waals surface area contributed by atoms with Gasteiger partial charge in [-0.15, -0.1) is 0 Å². The van der Waals surface area contributed by atoms with Crippen LogP contribution in [0.15, 0.2) is 48.5 Å². The van der Waals surface area contributed by atoms with Gasteiger partial charge in [-0.05, 0) is 35.9 Å². The summed E-state index contributed by atoms with van der Waals surface area (Å²) >= 11 is 0. The maximum atomic E-state index is 12.7. The summed E-state index contributed by atoms with van der Waals surface area (Å²) in [6, 6.07) is 14.7. The fourth-order valence-corrected chi connectivity index (χ4v) is 4.32.